The summed E-state index contributed by atoms with van der Waals surface area (Å²) in [7, 11) is 3.35. The Morgan fingerprint density at radius 2 is 1.79 bits per heavy atom. The van der Waals surface area contributed by atoms with E-state index in [0.717, 1.165) is 37.3 Å². The molecular weight excluding hydrogens is 345 g/mol. The van der Waals surface area contributed by atoms with Gasteiger partial charge in [-0.2, -0.15) is 0 Å². The van der Waals surface area contributed by atoms with Gasteiger partial charge in [-0.3, -0.25) is 0 Å². The van der Waals surface area contributed by atoms with E-state index in [9.17, 15) is 0 Å². The Hall–Kier alpha value is -1.42. The van der Waals surface area contributed by atoms with Gasteiger partial charge < -0.3 is 14.8 Å². The maximum atomic E-state index is 6.11. The number of rotatable bonds is 5. The lowest BCUT2D eigenvalue weighted by Crippen LogP contribution is -2.30. The van der Waals surface area contributed by atoms with Gasteiger partial charge in [0, 0.05) is 6.04 Å². The van der Waals surface area contributed by atoms with E-state index in [1.54, 1.807) is 14.2 Å². The van der Waals surface area contributed by atoms with Crippen LogP contribution in [-0.4, -0.2) is 20.8 Å². The average molecular weight is 366 g/mol. The average Bonchev–Trinajstić information content (AvgIpc) is 2.61. The fourth-order valence-corrected chi connectivity index (χ4v) is 3.55. The zero-order valence-corrected chi connectivity index (χ0v) is 15.4. The number of fused-ring (bicyclic) bond motifs is 1. The van der Waals surface area contributed by atoms with Crippen LogP contribution in [0.15, 0.2) is 30.3 Å². The third kappa shape index (κ3) is 3.64. The first-order valence-electron chi connectivity index (χ1n) is 8.04. The normalized spacial score (nSPS) is 16.6. The van der Waals surface area contributed by atoms with Gasteiger partial charge >= 0.3 is 0 Å². The molecule has 3 rings (SSSR count). The van der Waals surface area contributed by atoms with Crippen LogP contribution < -0.4 is 14.8 Å². The van der Waals surface area contributed by atoms with Crippen molar-refractivity contribution in [1.29, 1.82) is 0 Å². The molecule has 0 fully saturated rings. The molecule has 2 aromatic rings. The summed E-state index contributed by atoms with van der Waals surface area (Å²) in [6, 6.07) is 10.3. The monoisotopic (exact) mass is 365 g/mol. The quantitative estimate of drug-likeness (QED) is 0.822. The summed E-state index contributed by atoms with van der Waals surface area (Å²) in [6.07, 6.45) is 2.92. The van der Waals surface area contributed by atoms with Gasteiger partial charge in [-0.05, 0) is 66.8 Å². The van der Waals surface area contributed by atoms with Gasteiger partial charge in [-0.15, -0.1) is 0 Å². The van der Waals surface area contributed by atoms with Crippen LogP contribution in [0.3, 0.4) is 0 Å². The Labute approximate surface area is 152 Å². The third-order valence-electron chi connectivity index (χ3n) is 4.51. The van der Waals surface area contributed by atoms with E-state index in [1.807, 2.05) is 18.2 Å². The van der Waals surface area contributed by atoms with Crippen molar-refractivity contribution in [1.82, 2.24) is 5.32 Å². The maximum absolute atomic E-state index is 6.11. The SMILES string of the molecule is COc1cc2c(cc1OC)C(CCc1ccc(Cl)c(Cl)c1)NCC2. The summed E-state index contributed by atoms with van der Waals surface area (Å²) in [5, 5.41) is 4.81. The van der Waals surface area contributed by atoms with Crippen molar-refractivity contribution >= 4 is 23.2 Å². The molecule has 1 heterocycles. The molecule has 1 unspecified atom stereocenters. The van der Waals surface area contributed by atoms with E-state index >= 15 is 0 Å². The van der Waals surface area contributed by atoms with Crippen LogP contribution in [0.25, 0.3) is 0 Å². The lowest BCUT2D eigenvalue weighted by Gasteiger charge is -2.28. The van der Waals surface area contributed by atoms with Gasteiger partial charge in [-0.1, -0.05) is 29.3 Å². The molecule has 3 nitrogen and oxygen atoms in total. The molecule has 2 aromatic carbocycles. The van der Waals surface area contributed by atoms with Gasteiger partial charge in [0.1, 0.15) is 0 Å². The summed E-state index contributed by atoms with van der Waals surface area (Å²) >= 11 is 12.1. The molecule has 128 valence electrons. The molecular formula is C19H21Cl2NO2. The Morgan fingerprint density at radius 1 is 1.04 bits per heavy atom. The molecule has 5 heteroatoms. The van der Waals surface area contributed by atoms with Crippen LogP contribution in [0.1, 0.15) is 29.2 Å². The van der Waals surface area contributed by atoms with Crippen molar-refractivity contribution in [2.24, 2.45) is 0 Å². The van der Waals surface area contributed by atoms with Gasteiger partial charge in [0.2, 0.25) is 0 Å². The van der Waals surface area contributed by atoms with Crippen molar-refractivity contribution in [3.8, 4) is 11.5 Å². The molecule has 1 N–H and O–H groups in total. The first kappa shape index (κ1) is 17.4. The van der Waals surface area contributed by atoms with Crippen molar-refractivity contribution in [3.63, 3.8) is 0 Å². The van der Waals surface area contributed by atoms with E-state index < -0.39 is 0 Å². The summed E-state index contributed by atoms with van der Waals surface area (Å²) in [4.78, 5) is 0. The standard InChI is InChI=1S/C19H21Cl2NO2/c1-23-18-10-13-7-8-22-17(14(13)11-19(18)24-2)6-4-12-3-5-15(20)16(21)9-12/h3,5,9-11,17,22H,4,6-8H2,1-2H3. The molecule has 24 heavy (non-hydrogen) atoms. The number of ether oxygens (including phenoxy) is 2. The number of nitrogens with one attached hydrogen (secondary N) is 1. The van der Waals surface area contributed by atoms with Crippen LogP contribution >= 0.6 is 23.2 Å². The van der Waals surface area contributed by atoms with Crippen molar-refractivity contribution in [2.45, 2.75) is 25.3 Å². The molecule has 0 aromatic heterocycles. The zero-order chi connectivity index (χ0) is 17.1. The maximum Gasteiger partial charge on any atom is 0.161 e. The molecule has 0 amide bonds. The minimum atomic E-state index is 0.294. The van der Waals surface area contributed by atoms with Crippen LogP contribution in [-0.2, 0) is 12.8 Å². The second-order valence-corrected chi connectivity index (χ2v) is 6.76. The lowest BCUT2D eigenvalue weighted by atomic mass is 9.90. The molecule has 0 radical (unpaired) electrons. The number of benzene rings is 2. The van der Waals surface area contributed by atoms with E-state index in [4.69, 9.17) is 32.7 Å². The van der Waals surface area contributed by atoms with Crippen LogP contribution in [0.4, 0.5) is 0 Å². The largest absolute Gasteiger partial charge is 0.493 e. The number of aryl methyl sites for hydroxylation is 1. The Morgan fingerprint density at radius 3 is 2.50 bits per heavy atom. The smallest absolute Gasteiger partial charge is 0.161 e. The van der Waals surface area contributed by atoms with E-state index in [0.29, 0.717) is 16.1 Å². The van der Waals surface area contributed by atoms with Gasteiger partial charge in [0.05, 0.1) is 24.3 Å². The Bertz CT molecular complexity index is 734. The zero-order valence-electron chi connectivity index (χ0n) is 13.9. The van der Waals surface area contributed by atoms with E-state index in [-0.39, 0.29) is 0 Å². The topological polar surface area (TPSA) is 30.5 Å². The second-order valence-electron chi connectivity index (χ2n) is 5.95. The molecule has 0 bridgehead atoms. The van der Waals surface area contributed by atoms with Crippen LogP contribution in [0.2, 0.25) is 10.0 Å². The Kier molecular flexibility index (Phi) is 5.54. The minimum Gasteiger partial charge on any atom is -0.493 e. The van der Waals surface area contributed by atoms with E-state index in [2.05, 4.69) is 17.4 Å². The molecule has 0 saturated heterocycles. The highest BCUT2D eigenvalue weighted by molar-refractivity contribution is 6.42. The summed E-state index contributed by atoms with van der Waals surface area (Å²) in [5.41, 5.74) is 3.81. The molecule has 0 spiro atoms. The molecule has 1 aliphatic heterocycles. The predicted molar refractivity (Wildman–Crippen MR) is 98.8 cm³/mol. The molecule has 1 aliphatic rings. The minimum absolute atomic E-state index is 0.294. The van der Waals surface area contributed by atoms with Gasteiger partial charge in [0.15, 0.2) is 11.5 Å². The summed E-state index contributed by atoms with van der Waals surface area (Å²) in [6.45, 7) is 0.967. The molecule has 0 aliphatic carbocycles. The Balaban J connectivity index is 1.80. The molecule has 0 saturated carbocycles. The van der Waals surface area contributed by atoms with Crippen LogP contribution in [0, 0.1) is 0 Å². The highest BCUT2D eigenvalue weighted by atomic mass is 35.5. The first-order chi connectivity index (χ1) is 11.6. The second kappa shape index (κ2) is 7.64. The van der Waals surface area contributed by atoms with Crippen molar-refractivity contribution in [3.05, 3.63) is 57.1 Å². The van der Waals surface area contributed by atoms with Gasteiger partial charge in [-0.25, -0.2) is 0 Å². The summed E-state index contributed by atoms with van der Waals surface area (Å²) in [5.74, 6) is 1.57. The van der Waals surface area contributed by atoms with E-state index in [1.165, 1.54) is 16.7 Å². The highest BCUT2D eigenvalue weighted by Gasteiger charge is 2.22. The number of methoxy groups -OCH3 is 2. The number of halogens is 2. The summed E-state index contributed by atoms with van der Waals surface area (Å²) < 4.78 is 10.9. The predicted octanol–water partition coefficient (Wildman–Crippen LogP) is 4.83. The third-order valence-corrected chi connectivity index (χ3v) is 5.25. The highest BCUT2D eigenvalue weighted by Crippen LogP contribution is 2.36. The first-order valence-corrected chi connectivity index (χ1v) is 8.80. The molecule has 1 atom stereocenters. The van der Waals surface area contributed by atoms with Crippen molar-refractivity contribution in [2.75, 3.05) is 20.8 Å². The number of hydrogen-bond donors (Lipinski definition) is 1. The fourth-order valence-electron chi connectivity index (χ4n) is 3.23. The van der Waals surface area contributed by atoms with Crippen molar-refractivity contribution < 1.29 is 9.47 Å². The van der Waals surface area contributed by atoms with Crippen LogP contribution in [0.5, 0.6) is 11.5 Å². The fraction of sp³-hybridized carbons (Fsp3) is 0.368. The van der Waals surface area contributed by atoms with Gasteiger partial charge in [0.25, 0.3) is 0 Å². The number of hydrogen-bond acceptors (Lipinski definition) is 3. The lowest BCUT2D eigenvalue weighted by molar-refractivity contribution is 0.351.